The third-order valence-electron chi connectivity index (χ3n) is 2.85. The van der Waals surface area contributed by atoms with E-state index in [1.165, 1.54) is 7.11 Å². The van der Waals surface area contributed by atoms with Gasteiger partial charge in [0.2, 0.25) is 0 Å². The van der Waals surface area contributed by atoms with Crippen molar-refractivity contribution in [3.63, 3.8) is 0 Å². The summed E-state index contributed by atoms with van der Waals surface area (Å²) in [5.41, 5.74) is 8.49. The number of hydrogen-bond donors (Lipinski definition) is 3. The molecule has 0 amide bonds. The summed E-state index contributed by atoms with van der Waals surface area (Å²) in [6, 6.07) is 3.59. The van der Waals surface area contributed by atoms with Crippen molar-refractivity contribution in [3.05, 3.63) is 28.8 Å². The molecule has 5 nitrogen and oxygen atoms in total. The van der Waals surface area contributed by atoms with Gasteiger partial charge in [0.25, 0.3) is 0 Å². The van der Waals surface area contributed by atoms with Crippen molar-refractivity contribution < 1.29 is 19.7 Å². The molecule has 4 N–H and O–H groups in total. The second-order valence-corrected chi connectivity index (χ2v) is 4.38. The molecule has 18 heavy (non-hydrogen) atoms. The number of nitrogen functional groups attached to an aromatic ring is 1. The van der Waals surface area contributed by atoms with Crippen LogP contribution in [0.2, 0.25) is 0 Å². The number of anilines is 1. The van der Waals surface area contributed by atoms with E-state index >= 15 is 0 Å². The van der Waals surface area contributed by atoms with Gasteiger partial charge in [0.1, 0.15) is 6.10 Å². The second-order valence-electron chi connectivity index (χ2n) is 4.38. The molecule has 1 aromatic rings. The highest BCUT2D eigenvalue weighted by Gasteiger charge is 2.24. The minimum atomic E-state index is -1.24. The molecule has 0 heterocycles. The van der Waals surface area contributed by atoms with Gasteiger partial charge in [-0.3, -0.25) is 4.79 Å². The normalized spacial score (nSPS) is 14.1. The van der Waals surface area contributed by atoms with Gasteiger partial charge in [-0.15, -0.1) is 0 Å². The van der Waals surface area contributed by atoms with E-state index in [0.717, 1.165) is 11.1 Å². The van der Waals surface area contributed by atoms with E-state index in [-0.39, 0.29) is 6.42 Å². The summed E-state index contributed by atoms with van der Waals surface area (Å²) in [5.74, 6) is -0.579. The van der Waals surface area contributed by atoms with E-state index in [0.29, 0.717) is 11.3 Å². The van der Waals surface area contributed by atoms with Crippen molar-refractivity contribution >= 4 is 11.7 Å². The van der Waals surface area contributed by atoms with Crippen molar-refractivity contribution in [2.75, 3.05) is 12.8 Å². The number of carbonyl (C=O) groups excluding carboxylic acids is 1. The first-order chi connectivity index (χ1) is 8.36. The molecular formula is C13H19NO4. The van der Waals surface area contributed by atoms with Gasteiger partial charge in [0.05, 0.1) is 19.6 Å². The molecule has 2 unspecified atom stereocenters. The van der Waals surface area contributed by atoms with Crippen LogP contribution in [-0.4, -0.2) is 29.4 Å². The molecule has 2 atom stereocenters. The predicted octanol–water partition coefficient (Wildman–Crippen LogP) is 0.843. The molecule has 0 aromatic heterocycles. The lowest BCUT2D eigenvalue weighted by molar-refractivity contribution is -0.144. The van der Waals surface area contributed by atoms with E-state index in [9.17, 15) is 15.0 Å². The average Bonchev–Trinajstić information content (AvgIpc) is 2.32. The zero-order valence-corrected chi connectivity index (χ0v) is 10.8. The highest BCUT2D eigenvalue weighted by Crippen LogP contribution is 2.28. The Kier molecular flexibility index (Phi) is 4.69. The zero-order valence-electron chi connectivity index (χ0n) is 10.8. The van der Waals surface area contributed by atoms with Crippen LogP contribution in [0.25, 0.3) is 0 Å². The summed E-state index contributed by atoms with van der Waals surface area (Å²) in [7, 11) is 1.23. The fraction of sp³-hybridized carbons (Fsp3) is 0.462. The van der Waals surface area contributed by atoms with Crippen LogP contribution in [0.3, 0.4) is 0 Å². The Morgan fingerprint density at radius 3 is 2.56 bits per heavy atom. The number of aliphatic hydroxyl groups is 2. The van der Waals surface area contributed by atoms with Gasteiger partial charge in [-0.05, 0) is 19.4 Å². The maximum absolute atomic E-state index is 11.1. The summed E-state index contributed by atoms with van der Waals surface area (Å²) >= 11 is 0. The van der Waals surface area contributed by atoms with E-state index in [1.54, 1.807) is 6.07 Å². The minimum Gasteiger partial charge on any atom is -0.469 e. The maximum Gasteiger partial charge on any atom is 0.308 e. The Hall–Kier alpha value is -1.59. The van der Waals surface area contributed by atoms with E-state index in [4.69, 9.17) is 5.73 Å². The highest BCUT2D eigenvalue weighted by atomic mass is 16.5. The lowest BCUT2D eigenvalue weighted by Crippen LogP contribution is -2.23. The molecule has 0 radical (unpaired) electrons. The van der Waals surface area contributed by atoms with Crippen molar-refractivity contribution in [2.24, 2.45) is 0 Å². The van der Waals surface area contributed by atoms with Gasteiger partial charge in [-0.1, -0.05) is 17.7 Å². The van der Waals surface area contributed by atoms with Crippen LogP contribution in [0.15, 0.2) is 12.1 Å². The lowest BCUT2D eigenvalue weighted by atomic mass is 9.96. The second kappa shape index (κ2) is 5.84. The number of aliphatic hydroxyl groups excluding tert-OH is 2. The van der Waals surface area contributed by atoms with Gasteiger partial charge in [-0.2, -0.15) is 0 Å². The molecule has 0 aliphatic rings. The SMILES string of the molecule is COC(=O)CC(O)C(O)c1cc(C)cc(C)c1N. The molecule has 1 aromatic carbocycles. The van der Waals surface area contributed by atoms with Crippen LogP contribution in [0.1, 0.15) is 29.2 Å². The zero-order chi connectivity index (χ0) is 13.9. The lowest BCUT2D eigenvalue weighted by Gasteiger charge is -2.20. The van der Waals surface area contributed by atoms with Gasteiger partial charge < -0.3 is 20.7 Å². The van der Waals surface area contributed by atoms with Crippen molar-refractivity contribution in [1.82, 2.24) is 0 Å². The number of esters is 1. The molecule has 0 aliphatic heterocycles. The van der Waals surface area contributed by atoms with E-state index in [1.807, 2.05) is 19.9 Å². The van der Waals surface area contributed by atoms with Gasteiger partial charge in [-0.25, -0.2) is 0 Å². The number of benzene rings is 1. The summed E-state index contributed by atoms with van der Waals surface area (Å²) < 4.78 is 4.44. The van der Waals surface area contributed by atoms with Crippen LogP contribution in [-0.2, 0) is 9.53 Å². The monoisotopic (exact) mass is 253 g/mol. The molecule has 0 saturated heterocycles. The molecule has 1 rings (SSSR count). The number of carbonyl (C=O) groups is 1. The van der Waals surface area contributed by atoms with Crippen molar-refractivity contribution in [2.45, 2.75) is 32.5 Å². The number of nitrogens with two attached hydrogens (primary N) is 1. The Bertz CT molecular complexity index is 445. The first-order valence-electron chi connectivity index (χ1n) is 5.66. The molecule has 0 fully saturated rings. The van der Waals surface area contributed by atoms with Gasteiger partial charge in [0.15, 0.2) is 0 Å². The fourth-order valence-corrected chi connectivity index (χ4v) is 1.83. The number of methoxy groups -OCH3 is 1. The average molecular weight is 253 g/mol. The Balaban J connectivity index is 2.96. The number of rotatable bonds is 4. The van der Waals surface area contributed by atoms with Crippen LogP contribution >= 0.6 is 0 Å². The Morgan fingerprint density at radius 1 is 1.39 bits per heavy atom. The molecule has 100 valence electrons. The van der Waals surface area contributed by atoms with Crippen LogP contribution < -0.4 is 5.73 Å². The number of aryl methyl sites for hydroxylation is 2. The van der Waals surface area contributed by atoms with E-state index < -0.39 is 18.2 Å². The Morgan fingerprint density at radius 2 is 2.00 bits per heavy atom. The van der Waals surface area contributed by atoms with Crippen LogP contribution in [0.4, 0.5) is 5.69 Å². The Labute approximate surface area is 106 Å². The standard InChI is InChI=1S/C13H19NO4/c1-7-4-8(2)12(14)9(5-7)13(17)10(15)6-11(16)18-3/h4-5,10,13,15,17H,6,14H2,1-3H3. The molecule has 0 spiro atoms. The molecule has 0 bridgehead atoms. The third-order valence-corrected chi connectivity index (χ3v) is 2.85. The maximum atomic E-state index is 11.1. The number of ether oxygens (including phenoxy) is 1. The molecule has 0 aliphatic carbocycles. The summed E-state index contributed by atoms with van der Waals surface area (Å²) in [6.45, 7) is 3.70. The largest absolute Gasteiger partial charge is 0.469 e. The summed E-state index contributed by atoms with van der Waals surface area (Å²) in [4.78, 5) is 11.1. The summed E-state index contributed by atoms with van der Waals surface area (Å²) in [6.07, 6.45) is -2.71. The fourth-order valence-electron chi connectivity index (χ4n) is 1.83. The molecule has 5 heteroatoms. The van der Waals surface area contributed by atoms with Gasteiger partial charge >= 0.3 is 5.97 Å². The first kappa shape index (κ1) is 14.5. The van der Waals surface area contributed by atoms with Crippen molar-refractivity contribution in [1.29, 1.82) is 0 Å². The van der Waals surface area contributed by atoms with Crippen LogP contribution in [0.5, 0.6) is 0 Å². The van der Waals surface area contributed by atoms with Gasteiger partial charge in [0, 0.05) is 11.3 Å². The van der Waals surface area contributed by atoms with Crippen molar-refractivity contribution in [3.8, 4) is 0 Å². The van der Waals surface area contributed by atoms with E-state index in [2.05, 4.69) is 4.74 Å². The minimum absolute atomic E-state index is 0.274. The summed E-state index contributed by atoms with van der Waals surface area (Å²) in [5, 5.41) is 19.8. The third kappa shape index (κ3) is 3.21. The molecule has 0 saturated carbocycles. The smallest absolute Gasteiger partial charge is 0.308 e. The topological polar surface area (TPSA) is 92.8 Å². The first-order valence-corrected chi connectivity index (χ1v) is 5.66. The highest BCUT2D eigenvalue weighted by molar-refractivity contribution is 5.70. The quantitative estimate of drug-likeness (QED) is 0.546. The number of hydrogen-bond acceptors (Lipinski definition) is 5. The predicted molar refractivity (Wildman–Crippen MR) is 67.9 cm³/mol. The van der Waals surface area contributed by atoms with Crippen LogP contribution in [0, 0.1) is 13.8 Å². The molecular weight excluding hydrogens is 234 g/mol.